The highest BCUT2D eigenvalue weighted by molar-refractivity contribution is 5.42. The molecule has 1 heterocycles. The fraction of sp³-hybridized carbons (Fsp3) is 0.600. The van der Waals surface area contributed by atoms with Crippen molar-refractivity contribution in [2.45, 2.75) is 39.5 Å². The van der Waals surface area contributed by atoms with E-state index in [1.165, 1.54) is 37.9 Å². The van der Waals surface area contributed by atoms with Gasteiger partial charge in [0.05, 0.1) is 0 Å². The van der Waals surface area contributed by atoms with Crippen molar-refractivity contribution in [2.24, 2.45) is 5.92 Å². The normalized spacial score (nSPS) is 17.3. The number of rotatable bonds is 3. The zero-order valence-corrected chi connectivity index (χ0v) is 10.9. The molecule has 1 fully saturated rings. The Bertz CT molecular complexity index is 358. The van der Waals surface area contributed by atoms with E-state index < -0.39 is 0 Å². The SMILES string of the molecule is Cc1cc(CCC2CCNCC2)cc(C)c1O. The predicted octanol–water partition coefficient (Wildman–Crippen LogP) is 2.94. The summed E-state index contributed by atoms with van der Waals surface area (Å²) in [6.45, 7) is 6.32. The van der Waals surface area contributed by atoms with Crippen molar-refractivity contribution in [2.75, 3.05) is 13.1 Å². The van der Waals surface area contributed by atoms with Gasteiger partial charge in [0.2, 0.25) is 0 Å². The number of phenols is 1. The molecule has 1 aliphatic heterocycles. The van der Waals surface area contributed by atoms with Crippen LogP contribution in [-0.4, -0.2) is 18.2 Å². The minimum absolute atomic E-state index is 0.454. The van der Waals surface area contributed by atoms with E-state index in [9.17, 15) is 5.11 Å². The summed E-state index contributed by atoms with van der Waals surface area (Å²) in [4.78, 5) is 0. The van der Waals surface area contributed by atoms with E-state index >= 15 is 0 Å². The average Bonchev–Trinajstić information content (AvgIpc) is 2.34. The van der Waals surface area contributed by atoms with Crippen molar-refractivity contribution < 1.29 is 5.11 Å². The van der Waals surface area contributed by atoms with Crippen molar-refractivity contribution >= 4 is 0 Å². The molecule has 0 amide bonds. The summed E-state index contributed by atoms with van der Waals surface area (Å²) in [6, 6.07) is 4.26. The summed E-state index contributed by atoms with van der Waals surface area (Å²) in [7, 11) is 0. The molecule has 2 heteroatoms. The molecule has 0 atom stereocenters. The lowest BCUT2D eigenvalue weighted by molar-refractivity contribution is 0.354. The van der Waals surface area contributed by atoms with Crippen LogP contribution in [0.3, 0.4) is 0 Å². The molecule has 2 rings (SSSR count). The van der Waals surface area contributed by atoms with Crippen LogP contribution < -0.4 is 5.32 Å². The van der Waals surface area contributed by atoms with E-state index in [0.29, 0.717) is 5.75 Å². The van der Waals surface area contributed by atoms with Crippen molar-refractivity contribution in [1.82, 2.24) is 5.32 Å². The van der Waals surface area contributed by atoms with E-state index in [1.807, 2.05) is 13.8 Å². The Balaban J connectivity index is 1.94. The van der Waals surface area contributed by atoms with Gasteiger partial charge in [-0.1, -0.05) is 12.1 Å². The topological polar surface area (TPSA) is 32.3 Å². The highest BCUT2D eigenvalue weighted by atomic mass is 16.3. The molecular formula is C15H23NO. The lowest BCUT2D eigenvalue weighted by Crippen LogP contribution is -2.27. The fourth-order valence-electron chi connectivity index (χ4n) is 2.73. The maximum absolute atomic E-state index is 9.74. The lowest BCUT2D eigenvalue weighted by atomic mass is 9.90. The predicted molar refractivity (Wildman–Crippen MR) is 71.5 cm³/mol. The first kappa shape index (κ1) is 12.4. The molecule has 0 spiro atoms. The van der Waals surface area contributed by atoms with Crippen LogP contribution in [0.4, 0.5) is 0 Å². The fourth-order valence-corrected chi connectivity index (χ4v) is 2.73. The summed E-state index contributed by atoms with van der Waals surface area (Å²) in [5, 5.41) is 13.1. The molecule has 2 nitrogen and oxygen atoms in total. The van der Waals surface area contributed by atoms with Gasteiger partial charge < -0.3 is 10.4 Å². The molecule has 0 unspecified atom stereocenters. The summed E-state index contributed by atoms with van der Waals surface area (Å²) in [5.41, 5.74) is 3.38. The van der Waals surface area contributed by atoms with Gasteiger partial charge >= 0.3 is 0 Å². The van der Waals surface area contributed by atoms with Crippen LogP contribution in [0.5, 0.6) is 5.75 Å². The maximum Gasteiger partial charge on any atom is 0.121 e. The molecule has 2 N–H and O–H groups in total. The van der Waals surface area contributed by atoms with Gasteiger partial charge in [-0.3, -0.25) is 0 Å². The lowest BCUT2D eigenvalue weighted by Gasteiger charge is -2.22. The quantitative estimate of drug-likeness (QED) is 0.841. The van der Waals surface area contributed by atoms with Gasteiger partial charge in [-0.2, -0.15) is 0 Å². The van der Waals surface area contributed by atoms with E-state index in [1.54, 1.807) is 0 Å². The first-order valence-corrected chi connectivity index (χ1v) is 6.66. The summed E-state index contributed by atoms with van der Waals surface area (Å²) in [6.07, 6.45) is 5.06. The van der Waals surface area contributed by atoms with Crippen LogP contribution in [0.1, 0.15) is 36.0 Å². The van der Waals surface area contributed by atoms with Crippen LogP contribution >= 0.6 is 0 Å². The number of hydrogen-bond acceptors (Lipinski definition) is 2. The third-order valence-corrected chi connectivity index (χ3v) is 3.85. The van der Waals surface area contributed by atoms with Crippen molar-refractivity contribution in [1.29, 1.82) is 0 Å². The second-order valence-corrected chi connectivity index (χ2v) is 5.31. The monoisotopic (exact) mass is 233 g/mol. The molecule has 0 radical (unpaired) electrons. The van der Waals surface area contributed by atoms with Gasteiger partial charge in [-0.05, 0) is 75.2 Å². The van der Waals surface area contributed by atoms with Gasteiger partial charge in [0.1, 0.15) is 5.75 Å². The van der Waals surface area contributed by atoms with Gasteiger partial charge in [-0.25, -0.2) is 0 Å². The zero-order chi connectivity index (χ0) is 12.3. The summed E-state index contributed by atoms with van der Waals surface area (Å²) < 4.78 is 0. The minimum Gasteiger partial charge on any atom is -0.507 e. The Hall–Kier alpha value is -1.02. The number of benzene rings is 1. The second-order valence-electron chi connectivity index (χ2n) is 5.31. The molecular weight excluding hydrogens is 210 g/mol. The van der Waals surface area contributed by atoms with E-state index in [4.69, 9.17) is 0 Å². The first-order valence-electron chi connectivity index (χ1n) is 6.66. The van der Waals surface area contributed by atoms with E-state index in [0.717, 1.165) is 23.5 Å². The summed E-state index contributed by atoms with van der Waals surface area (Å²) in [5.74, 6) is 1.33. The molecule has 1 aromatic rings. The number of piperidine rings is 1. The Morgan fingerprint density at radius 1 is 1.18 bits per heavy atom. The third-order valence-electron chi connectivity index (χ3n) is 3.85. The Morgan fingerprint density at radius 2 is 1.76 bits per heavy atom. The van der Waals surface area contributed by atoms with Crippen molar-refractivity contribution in [3.8, 4) is 5.75 Å². The van der Waals surface area contributed by atoms with Gasteiger partial charge in [0.25, 0.3) is 0 Å². The summed E-state index contributed by atoms with van der Waals surface area (Å²) >= 11 is 0. The third kappa shape index (κ3) is 3.22. The number of nitrogens with one attached hydrogen (secondary N) is 1. The Labute approximate surface area is 104 Å². The van der Waals surface area contributed by atoms with Crippen molar-refractivity contribution in [3.05, 3.63) is 28.8 Å². The van der Waals surface area contributed by atoms with Gasteiger partial charge in [0.15, 0.2) is 0 Å². The average molecular weight is 233 g/mol. The molecule has 1 aliphatic rings. The van der Waals surface area contributed by atoms with Crippen LogP contribution in [0.2, 0.25) is 0 Å². The minimum atomic E-state index is 0.454. The molecule has 0 bridgehead atoms. The van der Waals surface area contributed by atoms with Crippen LogP contribution in [-0.2, 0) is 6.42 Å². The number of aromatic hydroxyl groups is 1. The molecule has 1 saturated heterocycles. The van der Waals surface area contributed by atoms with Crippen molar-refractivity contribution in [3.63, 3.8) is 0 Å². The largest absolute Gasteiger partial charge is 0.507 e. The standard InChI is InChI=1S/C15H23NO/c1-11-9-14(10-12(2)15(11)17)4-3-13-5-7-16-8-6-13/h9-10,13,16-17H,3-8H2,1-2H3. The van der Waals surface area contributed by atoms with E-state index in [-0.39, 0.29) is 0 Å². The Kier molecular flexibility index (Phi) is 4.06. The Morgan fingerprint density at radius 3 is 2.35 bits per heavy atom. The van der Waals surface area contributed by atoms with Gasteiger partial charge in [-0.15, -0.1) is 0 Å². The molecule has 0 aliphatic carbocycles. The molecule has 0 aromatic heterocycles. The number of aryl methyl sites for hydroxylation is 3. The van der Waals surface area contributed by atoms with Crippen LogP contribution in [0.25, 0.3) is 0 Å². The van der Waals surface area contributed by atoms with Crippen LogP contribution in [0, 0.1) is 19.8 Å². The van der Waals surface area contributed by atoms with Gasteiger partial charge in [0, 0.05) is 0 Å². The maximum atomic E-state index is 9.74. The van der Waals surface area contributed by atoms with Crippen LogP contribution in [0.15, 0.2) is 12.1 Å². The second kappa shape index (κ2) is 5.54. The number of hydrogen-bond donors (Lipinski definition) is 2. The zero-order valence-electron chi connectivity index (χ0n) is 10.9. The van der Waals surface area contributed by atoms with E-state index in [2.05, 4.69) is 17.4 Å². The highest BCUT2D eigenvalue weighted by Crippen LogP contribution is 2.25. The molecule has 17 heavy (non-hydrogen) atoms. The molecule has 1 aromatic carbocycles. The molecule has 0 saturated carbocycles. The highest BCUT2D eigenvalue weighted by Gasteiger charge is 2.13. The first-order chi connectivity index (χ1) is 8.16. The smallest absolute Gasteiger partial charge is 0.121 e. The number of phenolic OH excluding ortho intramolecular Hbond substituents is 1. The molecule has 94 valence electrons.